The van der Waals surface area contributed by atoms with Crippen molar-refractivity contribution in [3.05, 3.63) is 23.3 Å². The van der Waals surface area contributed by atoms with E-state index in [9.17, 15) is 4.79 Å². The highest BCUT2D eigenvalue weighted by Gasteiger charge is 2.33. The molecule has 2 N–H and O–H groups in total. The van der Waals surface area contributed by atoms with Crippen molar-refractivity contribution >= 4 is 6.29 Å². The van der Waals surface area contributed by atoms with E-state index in [4.69, 9.17) is 15.2 Å². The molecule has 0 saturated heterocycles. The van der Waals surface area contributed by atoms with Crippen LogP contribution in [0.2, 0.25) is 0 Å². The number of benzene rings is 1. The molecular weight excluding hydrogens is 242 g/mol. The lowest BCUT2D eigenvalue weighted by molar-refractivity contribution is 0.112. The zero-order valence-electron chi connectivity index (χ0n) is 11.6. The van der Waals surface area contributed by atoms with Crippen LogP contribution in [0.15, 0.2) is 12.1 Å². The van der Waals surface area contributed by atoms with Gasteiger partial charge in [0, 0.05) is 16.7 Å². The predicted octanol–water partition coefficient (Wildman–Crippen LogP) is 2.63. The lowest BCUT2D eigenvalue weighted by Crippen LogP contribution is -2.39. The van der Waals surface area contributed by atoms with Crippen LogP contribution in [0.5, 0.6) is 11.5 Å². The van der Waals surface area contributed by atoms with Gasteiger partial charge in [0.05, 0.1) is 14.2 Å². The number of nitrogens with two attached hydrogens (primary N) is 1. The van der Waals surface area contributed by atoms with Gasteiger partial charge in [-0.05, 0) is 25.0 Å². The van der Waals surface area contributed by atoms with Crippen molar-refractivity contribution in [2.75, 3.05) is 14.2 Å². The normalized spacial score (nSPS) is 17.8. The van der Waals surface area contributed by atoms with Gasteiger partial charge in [-0.15, -0.1) is 0 Å². The van der Waals surface area contributed by atoms with Gasteiger partial charge in [-0.3, -0.25) is 4.79 Å². The number of carbonyl (C=O) groups is 1. The van der Waals surface area contributed by atoms with Crippen LogP contribution in [-0.2, 0) is 5.54 Å². The molecule has 1 aliphatic carbocycles. The molecule has 1 aromatic carbocycles. The molecule has 1 aliphatic rings. The molecule has 19 heavy (non-hydrogen) atoms. The minimum absolute atomic E-state index is 0.421. The van der Waals surface area contributed by atoms with E-state index in [-0.39, 0.29) is 0 Å². The van der Waals surface area contributed by atoms with Gasteiger partial charge >= 0.3 is 0 Å². The van der Waals surface area contributed by atoms with Crippen LogP contribution in [0.25, 0.3) is 0 Å². The quantitative estimate of drug-likeness (QED) is 0.848. The molecule has 0 heterocycles. The summed E-state index contributed by atoms with van der Waals surface area (Å²) in [5.41, 5.74) is 7.59. The third-order valence-corrected chi connectivity index (χ3v) is 3.92. The fourth-order valence-electron chi connectivity index (χ4n) is 2.88. The fraction of sp³-hybridized carbons (Fsp3) is 0.533. The third-order valence-electron chi connectivity index (χ3n) is 3.92. The topological polar surface area (TPSA) is 61.5 Å². The van der Waals surface area contributed by atoms with E-state index in [2.05, 4.69) is 0 Å². The van der Waals surface area contributed by atoms with Gasteiger partial charge in [-0.25, -0.2) is 0 Å². The Bertz CT molecular complexity index is 465. The Balaban J connectivity index is 2.55. The summed E-state index contributed by atoms with van der Waals surface area (Å²) in [6, 6.07) is 3.52. The number of hydrogen-bond donors (Lipinski definition) is 1. The van der Waals surface area contributed by atoms with E-state index in [1.807, 2.05) is 6.07 Å². The van der Waals surface area contributed by atoms with Crippen LogP contribution in [0.4, 0.5) is 0 Å². The second-order valence-corrected chi connectivity index (χ2v) is 5.14. The molecule has 0 aliphatic heterocycles. The lowest BCUT2D eigenvalue weighted by Gasteiger charge is -2.35. The maximum Gasteiger partial charge on any atom is 0.165 e. The summed E-state index contributed by atoms with van der Waals surface area (Å²) in [5, 5.41) is 0. The van der Waals surface area contributed by atoms with Crippen molar-refractivity contribution in [3.8, 4) is 11.5 Å². The first kappa shape index (κ1) is 13.9. The molecule has 1 saturated carbocycles. The second kappa shape index (κ2) is 5.61. The van der Waals surface area contributed by atoms with Crippen LogP contribution in [0, 0.1) is 0 Å². The van der Waals surface area contributed by atoms with Gasteiger partial charge in [0.15, 0.2) is 11.5 Å². The van der Waals surface area contributed by atoms with Crippen LogP contribution >= 0.6 is 0 Å². The summed E-state index contributed by atoms with van der Waals surface area (Å²) in [4.78, 5) is 11.1. The summed E-state index contributed by atoms with van der Waals surface area (Å²) >= 11 is 0. The largest absolute Gasteiger partial charge is 0.493 e. The molecule has 1 aromatic rings. The van der Waals surface area contributed by atoms with Crippen molar-refractivity contribution in [1.82, 2.24) is 0 Å². The number of methoxy groups -OCH3 is 2. The maximum absolute atomic E-state index is 11.1. The van der Waals surface area contributed by atoms with Gasteiger partial charge < -0.3 is 15.2 Å². The Labute approximate surface area is 113 Å². The van der Waals surface area contributed by atoms with E-state index in [0.29, 0.717) is 17.1 Å². The number of ether oxygens (including phenoxy) is 2. The van der Waals surface area contributed by atoms with E-state index in [1.165, 1.54) is 6.42 Å². The van der Waals surface area contributed by atoms with Gasteiger partial charge in [-0.1, -0.05) is 19.3 Å². The van der Waals surface area contributed by atoms with Crippen molar-refractivity contribution < 1.29 is 14.3 Å². The molecule has 1 fully saturated rings. The Morgan fingerprint density at radius 3 is 2.37 bits per heavy atom. The standard InChI is InChI=1S/C15H21NO3/c1-18-13-9-11(10-17)8-12(14(13)19-2)15(16)6-4-3-5-7-15/h8-10H,3-7,16H2,1-2H3. The highest BCUT2D eigenvalue weighted by molar-refractivity contribution is 5.77. The molecule has 0 spiro atoms. The molecule has 0 aromatic heterocycles. The second-order valence-electron chi connectivity index (χ2n) is 5.14. The number of carbonyl (C=O) groups excluding carboxylic acids is 1. The number of aldehydes is 1. The minimum Gasteiger partial charge on any atom is -0.493 e. The Kier molecular flexibility index (Phi) is 4.10. The van der Waals surface area contributed by atoms with E-state index >= 15 is 0 Å². The Hall–Kier alpha value is -1.55. The molecule has 0 radical (unpaired) electrons. The van der Waals surface area contributed by atoms with Crippen molar-refractivity contribution in [3.63, 3.8) is 0 Å². The van der Waals surface area contributed by atoms with Crippen LogP contribution < -0.4 is 15.2 Å². The smallest absolute Gasteiger partial charge is 0.165 e. The molecule has 4 heteroatoms. The summed E-state index contributed by atoms with van der Waals surface area (Å²) < 4.78 is 10.8. The van der Waals surface area contributed by atoms with Crippen molar-refractivity contribution in [2.45, 2.75) is 37.6 Å². The Morgan fingerprint density at radius 2 is 1.84 bits per heavy atom. The molecule has 2 rings (SSSR count). The molecule has 104 valence electrons. The molecule has 0 amide bonds. The first-order chi connectivity index (χ1) is 9.14. The van der Waals surface area contributed by atoms with Gasteiger partial charge in [0.2, 0.25) is 0 Å². The Morgan fingerprint density at radius 1 is 1.16 bits per heavy atom. The average molecular weight is 263 g/mol. The minimum atomic E-state index is -0.421. The van der Waals surface area contributed by atoms with Gasteiger partial charge in [0.1, 0.15) is 6.29 Å². The summed E-state index contributed by atoms with van der Waals surface area (Å²) in [5.74, 6) is 1.22. The number of rotatable bonds is 4. The monoisotopic (exact) mass is 263 g/mol. The highest BCUT2D eigenvalue weighted by atomic mass is 16.5. The zero-order valence-corrected chi connectivity index (χ0v) is 11.6. The molecule has 4 nitrogen and oxygen atoms in total. The van der Waals surface area contributed by atoms with Gasteiger partial charge in [0.25, 0.3) is 0 Å². The summed E-state index contributed by atoms with van der Waals surface area (Å²) in [7, 11) is 3.18. The van der Waals surface area contributed by atoms with Crippen LogP contribution in [0.1, 0.15) is 48.0 Å². The molecule has 0 atom stereocenters. The zero-order chi connectivity index (χ0) is 13.9. The SMILES string of the molecule is COc1cc(C=O)cc(C2(N)CCCCC2)c1OC. The van der Waals surface area contributed by atoms with Crippen LogP contribution in [0.3, 0.4) is 0 Å². The van der Waals surface area contributed by atoms with E-state index in [0.717, 1.165) is 37.5 Å². The van der Waals surface area contributed by atoms with Gasteiger partial charge in [-0.2, -0.15) is 0 Å². The molecular formula is C15H21NO3. The van der Waals surface area contributed by atoms with Crippen LogP contribution in [-0.4, -0.2) is 20.5 Å². The molecule has 0 unspecified atom stereocenters. The van der Waals surface area contributed by atoms with Crippen molar-refractivity contribution in [1.29, 1.82) is 0 Å². The average Bonchev–Trinajstić information content (AvgIpc) is 2.46. The lowest BCUT2D eigenvalue weighted by atomic mass is 9.76. The molecule has 0 bridgehead atoms. The maximum atomic E-state index is 11.1. The highest BCUT2D eigenvalue weighted by Crippen LogP contribution is 2.43. The third kappa shape index (κ3) is 2.59. The first-order valence-electron chi connectivity index (χ1n) is 6.65. The van der Waals surface area contributed by atoms with Crippen molar-refractivity contribution in [2.24, 2.45) is 5.73 Å². The van der Waals surface area contributed by atoms with E-state index < -0.39 is 5.54 Å². The fourth-order valence-corrected chi connectivity index (χ4v) is 2.88. The summed E-state index contributed by atoms with van der Waals surface area (Å²) in [6.45, 7) is 0. The van der Waals surface area contributed by atoms with E-state index in [1.54, 1.807) is 20.3 Å². The first-order valence-corrected chi connectivity index (χ1v) is 6.65. The number of hydrogen-bond acceptors (Lipinski definition) is 4. The summed E-state index contributed by atoms with van der Waals surface area (Å²) in [6.07, 6.45) is 6.06. The predicted molar refractivity (Wildman–Crippen MR) is 73.9 cm³/mol.